The predicted octanol–water partition coefficient (Wildman–Crippen LogP) is 1.67. The van der Waals surface area contributed by atoms with Gasteiger partial charge in [0.1, 0.15) is 18.3 Å². The van der Waals surface area contributed by atoms with Crippen molar-refractivity contribution in [3.63, 3.8) is 0 Å². The standard InChI is InChI=1S/C16H22N2O2/c1-11(12-5-4-8-17-9-12)18-16(19)14-10-20-15-7-3-2-6-13(14)15/h2-3,6-7,11-12,14,17H,4-5,8-10H2,1H3,(H,18,19). The van der Waals surface area contributed by atoms with Crippen LogP contribution in [0.1, 0.15) is 31.2 Å². The van der Waals surface area contributed by atoms with Gasteiger partial charge in [-0.1, -0.05) is 18.2 Å². The normalized spacial score (nSPS) is 26.4. The monoisotopic (exact) mass is 274 g/mol. The zero-order chi connectivity index (χ0) is 13.9. The van der Waals surface area contributed by atoms with E-state index >= 15 is 0 Å². The molecule has 4 heteroatoms. The van der Waals surface area contributed by atoms with Crippen molar-refractivity contribution < 1.29 is 9.53 Å². The van der Waals surface area contributed by atoms with Crippen LogP contribution >= 0.6 is 0 Å². The van der Waals surface area contributed by atoms with E-state index in [1.54, 1.807) is 0 Å². The van der Waals surface area contributed by atoms with Crippen LogP contribution in [0.25, 0.3) is 0 Å². The number of amides is 1. The molecule has 0 aromatic heterocycles. The average Bonchev–Trinajstić information content (AvgIpc) is 2.92. The summed E-state index contributed by atoms with van der Waals surface area (Å²) in [6, 6.07) is 8.02. The first kappa shape index (κ1) is 13.4. The van der Waals surface area contributed by atoms with Gasteiger partial charge in [0, 0.05) is 11.6 Å². The van der Waals surface area contributed by atoms with Gasteiger partial charge in [0.25, 0.3) is 0 Å². The lowest BCUT2D eigenvalue weighted by Crippen LogP contribution is -2.46. The molecule has 2 aliphatic rings. The lowest BCUT2D eigenvalue weighted by Gasteiger charge is -2.29. The lowest BCUT2D eigenvalue weighted by molar-refractivity contribution is -0.123. The first-order valence-electron chi connectivity index (χ1n) is 7.48. The van der Waals surface area contributed by atoms with Crippen molar-refractivity contribution in [3.8, 4) is 5.75 Å². The van der Waals surface area contributed by atoms with Crippen LogP contribution in [0.5, 0.6) is 5.75 Å². The van der Waals surface area contributed by atoms with Crippen LogP contribution < -0.4 is 15.4 Å². The Morgan fingerprint density at radius 1 is 1.45 bits per heavy atom. The number of benzene rings is 1. The van der Waals surface area contributed by atoms with Crippen molar-refractivity contribution in [2.45, 2.75) is 31.7 Å². The predicted molar refractivity (Wildman–Crippen MR) is 77.9 cm³/mol. The Kier molecular flexibility index (Phi) is 3.92. The number of hydrogen-bond acceptors (Lipinski definition) is 3. The van der Waals surface area contributed by atoms with Crippen molar-refractivity contribution in [1.29, 1.82) is 0 Å². The number of fused-ring (bicyclic) bond motifs is 1. The van der Waals surface area contributed by atoms with Crippen molar-refractivity contribution in [3.05, 3.63) is 29.8 Å². The number of piperidine rings is 1. The van der Waals surface area contributed by atoms with E-state index in [0.717, 1.165) is 24.4 Å². The van der Waals surface area contributed by atoms with E-state index in [2.05, 4.69) is 17.6 Å². The zero-order valence-corrected chi connectivity index (χ0v) is 11.9. The molecule has 0 saturated carbocycles. The molecule has 1 aromatic carbocycles. The van der Waals surface area contributed by atoms with E-state index in [1.807, 2.05) is 24.3 Å². The second-order valence-electron chi connectivity index (χ2n) is 5.81. The summed E-state index contributed by atoms with van der Waals surface area (Å²) < 4.78 is 5.59. The highest BCUT2D eigenvalue weighted by atomic mass is 16.5. The molecule has 1 amide bonds. The highest BCUT2D eigenvalue weighted by Gasteiger charge is 2.31. The summed E-state index contributed by atoms with van der Waals surface area (Å²) in [7, 11) is 0. The molecule has 0 radical (unpaired) electrons. The van der Waals surface area contributed by atoms with Crippen LogP contribution in [-0.4, -0.2) is 31.6 Å². The van der Waals surface area contributed by atoms with E-state index in [0.29, 0.717) is 12.5 Å². The van der Waals surface area contributed by atoms with E-state index < -0.39 is 0 Å². The largest absolute Gasteiger partial charge is 0.492 e. The van der Waals surface area contributed by atoms with Gasteiger partial charge in [-0.15, -0.1) is 0 Å². The minimum Gasteiger partial charge on any atom is -0.492 e. The van der Waals surface area contributed by atoms with Crippen LogP contribution in [-0.2, 0) is 4.79 Å². The van der Waals surface area contributed by atoms with Gasteiger partial charge in [0.2, 0.25) is 5.91 Å². The van der Waals surface area contributed by atoms with Gasteiger partial charge in [-0.2, -0.15) is 0 Å². The fourth-order valence-corrected chi connectivity index (χ4v) is 3.13. The summed E-state index contributed by atoms with van der Waals surface area (Å²) in [4.78, 5) is 12.4. The maximum absolute atomic E-state index is 12.4. The summed E-state index contributed by atoms with van der Waals surface area (Å²) in [5.41, 5.74) is 1.01. The minimum absolute atomic E-state index is 0.0908. The number of hydrogen-bond donors (Lipinski definition) is 2. The molecule has 1 fully saturated rings. The molecule has 108 valence electrons. The van der Waals surface area contributed by atoms with Crippen LogP contribution in [0.4, 0.5) is 0 Å². The first-order chi connectivity index (χ1) is 9.75. The third-order valence-corrected chi connectivity index (χ3v) is 4.43. The Balaban J connectivity index is 1.62. The molecule has 0 aliphatic carbocycles. The Hall–Kier alpha value is -1.55. The number of ether oxygens (including phenoxy) is 1. The average molecular weight is 274 g/mol. The molecule has 2 aliphatic heterocycles. The molecule has 3 atom stereocenters. The fraction of sp³-hybridized carbons (Fsp3) is 0.562. The van der Waals surface area contributed by atoms with Crippen LogP contribution in [0.2, 0.25) is 0 Å². The molecule has 4 nitrogen and oxygen atoms in total. The van der Waals surface area contributed by atoms with Gasteiger partial charge in [0.15, 0.2) is 0 Å². The Morgan fingerprint density at radius 3 is 3.10 bits per heavy atom. The van der Waals surface area contributed by atoms with E-state index in [-0.39, 0.29) is 17.9 Å². The molecule has 1 aromatic rings. The molecular formula is C16H22N2O2. The van der Waals surface area contributed by atoms with Gasteiger partial charge >= 0.3 is 0 Å². The Morgan fingerprint density at radius 2 is 2.30 bits per heavy atom. The molecule has 0 spiro atoms. The number of carbonyl (C=O) groups is 1. The lowest BCUT2D eigenvalue weighted by atomic mass is 9.92. The summed E-state index contributed by atoms with van der Waals surface area (Å²) in [5.74, 6) is 1.31. The van der Waals surface area contributed by atoms with E-state index in [1.165, 1.54) is 12.8 Å². The van der Waals surface area contributed by atoms with Crippen molar-refractivity contribution >= 4 is 5.91 Å². The first-order valence-corrected chi connectivity index (χ1v) is 7.48. The minimum atomic E-state index is -0.162. The van der Waals surface area contributed by atoms with Crippen LogP contribution in [0.3, 0.4) is 0 Å². The van der Waals surface area contributed by atoms with Gasteiger partial charge < -0.3 is 15.4 Å². The SMILES string of the molecule is CC(NC(=O)C1COc2ccccc21)C1CCCNC1. The Bertz CT molecular complexity index is 483. The van der Waals surface area contributed by atoms with Crippen molar-refractivity contribution in [2.24, 2.45) is 5.92 Å². The second-order valence-corrected chi connectivity index (χ2v) is 5.81. The third-order valence-electron chi connectivity index (χ3n) is 4.43. The van der Waals surface area contributed by atoms with Crippen molar-refractivity contribution in [1.82, 2.24) is 10.6 Å². The number of rotatable bonds is 3. The Labute approximate surface area is 119 Å². The number of nitrogens with one attached hydrogen (secondary N) is 2. The number of carbonyl (C=O) groups excluding carboxylic acids is 1. The van der Waals surface area contributed by atoms with Crippen molar-refractivity contribution in [2.75, 3.05) is 19.7 Å². The van der Waals surface area contributed by atoms with Gasteiger partial charge in [-0.3, -0.25) is 4.79 Å². The highest BCUT2D eigenvalue weighted by Crippen LogP contribution is 2.33. The molecule has 3 rings (SSSR count). The number of para-hydroxylation sites is 1. The van der Waals surface area contributed by atoms with E-state index in [4.69, 9.17) is 4.74 Å². The molecule has 3 unspecified atom stereocenters. The third kappa shape index (κ3) is 2.66. The maximum Gasteiger partial charge on any atom is 0.231 e. The van der Waals surface area contributed by atoms with Gasteiger partial charge in [-0.25, -0.2) is 0 Å². The summed E-state index contributed by atoms with van der Waals surface area (Å²) in [6.45, 7) is 4.66. The van der Waals surface area contributed by atoms with Gasteiger partial charge in [0.05, 0.1) is 0 Å². The van der Waals surface area contributed by atoms with Gasteiger partial charge in [-0.05, 0) is 44.8 Å². The van der Waals surface area contributed by atoms with Crippen LogP contribution in [0, 0.1) is 5.92 Å². The molecule has 0 bridgehead atoms. The molecule has 1 saturated heterocycles. The van der Waals surface area contributed by atoms with E-state index in [9.17, 15) is 4.79 Å². The summed E-state index contributed by atoms with van der Waals surface area (Å²) in [5, 5.41) is 6.57. The smallest absolute Gasteiger partial charge is 0.231 e. The topological polar surface area (TPSA) is 50.4 Å². The molecular weight excluding hydrogens is 252 g/mol. The summed E-state index contributed by atoms with van der Waals surface area (Å²) in [6.07, 6.45) is 2.38. The quantitative estimate of drug-likeness (QED) is 0.881. The highest BCUT2D eigenvalue weighted by molar-refractivity contribution is 5.85. The molecule has 2 N–H and O–H groups in total. The molecule has 2 heterocycles. The zero-order valence-electron chi connectivity index (χ0n) is 11.9. The second kappa shape index (κ2) is 5.83. The van der Waals surface area contributed by atoms with Crippen LogP contribution in [0.15, 0.2) is 24.3 Å². The maximum atomic E-state index is 12.4. The fourth-order valence-electron chi connectivity index (χ4n) is 3.13. The molecule has 20 heavy (non-hydrogen) atoms. The summed E-state index contributed by atoms with van der Waals surface area (Å²) >= 11 is 0.